The topological polar surface area (TPSA) is 103 Å². The predicted octanol–water partition coefficient (Wildman–Crippen LogP) is 1.50. The van der Waals surface area contributed by atoms with Crippen molar-refractivity contribution in [3.8, 4) is 0 Å². The van der Waals surface area contributed by atoms with E-state index in [9.17, 15) is 13.2 Å². The smallest absolute Gasteiger partial charge is 0.221 e. The molecule has 0 saturated heterocycles. The predicted molar refractivity (Wildman–Crippen MR) is 88.0 cm³/mol. The van der Waals surface area contributed by atoms with Gasteiger partial charge in [0.25, 0.3) is 0 Å². The summed E-state index contributed by atoms with van der Waals surface area (Å²) in [5.74, 6) is -1.60. The summed E-state index contributed by atoms with van der Waals surface area (Å²) in [5, 5.41) is 0. The van der Waals surface area contributed by atoms with Gasteiger partial charge in [-0.1, -0.05) is 26.0 Å². The van der Waals surface area contributed by atoms with Crippen LogP contribution in [-0.2, 0) is 21.1 Å². The van der Waals surface area contributed by atoms with Crippen molar-refractivity contribution in [3.05, 3.63) is 29.8 Å². The third-order valence-electron chi connectivity index (χ3n) is 3.77. The maximum Gasteiger partial charge on any atom is 0.221 e. The molecule has 0 unspecified atom stereocenters. The van der Waals surface area contributed by atoms with E-state index in [1.165, 1.54) is 0 Å². The molecule has 0 aliphatic carbocycles. The van der Waals surface area contributed by atoms with E-state index in [0.29, 0.717) is 6.54 Å². The van der Waals surface area contributed by atoms with Gasteiger partial charge in [-0.05, 0) is 49.4 Å². The minimum atomic E-state index is -3.51. The number of sulfone groups is 1. The van der Waals surface area contributed by atoms with Crippen LogP contribution in [0.4, 0.5) is 0 Å². The Balaban J connectivity index is 2.82. The number of amides is 1. The summed E-state index contributed by atoms with van der Waals surface area (Å²) in [4.78, 5) is 11.6. The highest BCUT2D eigenvalue weighted by atomic mass is 32.2. The number of carbonyl (C=O) groups is 1. The lowest BCUT2D eigenvalue weighted by atomic mass is 9.98. The Morgan fingerprint density at radius 1 is 1.14 bits per heavy atom. The quantitative estimate of drug-likeness (QED) is 0.671. The zero-order valence-electron chi connectivity index (χ0n) is 13.3. The zero-order chi connectivity index (χ0) is 16.8. The number of aryl methyl sites for hydroxylation is 1. The van der Waals surface area contributed by atoms with E-state index in [1.54, 1.807) is 26.0 Å². The van der Waals surface area contributed by atoms with Crippen molar-refractivity contribution in [2.24, 2.45) is 23.3 Å². The van der Waals surface area contributed by atoms with Gasteiger partial charge in [-0.3, -0.25) is 4.79 Å². The van der Waals surface area contributed by atoms with E-state index in [0.717, 1.165) is 24.8 Å². The molecule has 0 bridgehead atoms. The molecule has 0 aliphatic rings. The fourth-order valence-corrected chi connectivity index (χ4v) is 4.04. The largest absolute Gasteiger partial charge is 0.369 e. The Bertz CT molecular complexity index is 580. The maximum atomic E-state index is 12.4. The lowest BCUT2D eigenvalue weighted by Crippen LogP contribution is -2.33. The molecule has 0 heterocycles. The van der Waals surface area contributed by atoms with Gasteiger partial charge in [-0.25, -0.2) is 8.42 Å². The van der Waals surface area contributed by atoms with Crippen molar-refractivity contribution in [2.75, 3.05) is 12.3 Å². The second kappa shape index (κ2) is 8.29. The minimum absolute atomic E-state index is 0.109. The molecule has 1 amide bonds. The van der Waals surface area contributed by atoms with Gasteiger partial charge in [-0.2, -0.15) is 0 Å². The summed E-state index contributed by atoms with van der Waals surface area (Å²) in [5.41, 5.74) is 11.8. The minimum Gasteiger partial charge on any atom is -0.369 e. The van der Waals surface area contributed by atoms with E-state index in [4.69, 9.17) is 11.5 Å². The molecular weight excluding hydrogens is 300 g/mol. The third kappa shape index (κ3) is 5.42. The van der Waals surface area contributed by atoms with Crippen molar-refractivity contribution < 1.29 is 13.2 Å². The van der Waals surface area contributed by atoms with Gasteiger partial charge in [0.1, 0.15) is 0 Å². The van der Waals surface area contributed by atoms with Crippen molar-refractivity contribution >= 4 is 15.7 Å². The molecule has 0 spiro atoms. The molecule has 0 aliphatic heterocycles. The zero-order valence-corrected chi connectivity index (χ0v) is 14.1. The fraction of sp³-hybridized carbons (Fsp3) is 0.562. The van der Waals surface area contributed by atoms with Crippen LogP contribution >= 0.6 is 0 Å². The Labute approximate surface area is 133 Å². The molecule has 1 rings (SSSR count). The molecule has 5 nitrogen and oxygen atoms in total. The highest BCUT2D eigenvalue weighted by Crippen LogP contribution is 2.20. The SMILES string of the molecule is CC(C)[C@H](CS(=O)(=O)c1ccc(CCCCN)cc1)C(N)=O. The number of carbonyl (C=O) groups excluding carboxylic acids is 1. The fourth-order valence-electron chi connectivity index (χ4n) is 2.27. The second-order valence-electron chi connectivity index (χ2n) is 5.92. The van der Waals surface area contributed by atoms with Crippen molar-refractivity contribution in [1.82, 2.24) is 0 Å². The monoisotopic (exact) mass is 326 g/mol. The number of hydrogen-bond donors (Lipinski definition) is 2. The molecule has 6 heteroatoms. The van der Waals surface area contributed by atoms with E-state index in [2.05, 4.69) is 0 Å². The third-order valence-corrected chi connectivity index (χ3v) is 5.56. The average Bonchev–Trinajstić information content (AvgIpc) is 2.45. The second-order valence-corrected chi connectivity index (χ2v) is 7.96. The van der Waals surface area contributed by atoms with Crippen molar-refractivity contribution in [2.45, 2.75) is 38.0 Å². The van der Waals surface area contributed by atoms with Gasteiger partial charge in [0.15, 0.2) is 9.84 Å². The lowest BCUT2D eigenvalue weighted by molar-refractivity contribution is -0.122. The molecule has 1 aromatic rings. The summed E-state index contributed by atoms with van der Waals surface area (Å²) in [6, 6.07) is 6.84. The van der Waals surface area contributed by atoms with E-state index >= 15 is 0 Å². The van der Waals surface area contributed by atoms with Crippen molar-refractivity contribution in [3.63, 3.8) is 0 Å². The molecule has 0 fully saturated rings. The Kier molecular flexibility index (Phi) is 7.03. The molecule has 124 valence electrons. The van der Waals surface area contributed by atoms with Gasteiger partial charge in [0.2, 0.25) is 5.91 Å². The standard InChI is InChI=1S/C16H26N2O3S/c1-12(2)15(16(18)19)11-22(20,21)14-8-6-13(7-9-14)5-3-4-10-17/h6-9,12,15H,3-5,10-11,17H2,1-2H3,(H2,18,19)/t15-/m0/s1. The Morgan fingerprint density at radius 3 is 2.18 bits per heavy atom. The summed E-state index contributed by atoms with van der Waals surface area (Å²) < 4.78 is 24.8. The first-order valence-electron chi connectivity index (χ1n) is 7.59. The van der Waals surface area contributed by atoms with Crippen LogP contribution in [0, 0.1) is 11.8 Å². The first-order valence-corrected chi connectivity index (χ1v) is 9.24. The summed E-state index contributed by atoms with van der Waals surface area (Å²) in [7, 11) is -3.51. The molecule has 1 aromatic carbocycles. The van der Waals surface area contributed by atoms with E-state index in [-0.39, 0.29) is 16.6 Å². The number of primary amides is 1. The molecule has 0 radical (unpaired) electrons. The van der Waals surface area contributed by atoms with Gasteiger partial charge in [-0.15, -0.1) is 0 Å². The lowest BCUT2D eigenvalue weighted by Gasteiger charge is -2.17. The molecule has 4 N–H and O–H groups in total. The van der Waals surface area contributed by atoms with Crippen LogP contribution < -0.4 is 11.5 Å². The average molecular weight is 326 g/mol. The van der Waals surface area contributed by atoms with Gasteiger partial charge < -0.3 is 11.5 Å². The summed E-state index contributed by atoms with van der Waals surface area (Å²) in [6.45, 7) is 4.26. The molecule has 1 atom stereocenters. The first-order chi connectivity index (χ1) is 10.3. The van der Waals surface area contributed by atoms with Crippen LogP contribution in [0.1, 0.15) is 32.3 Å². The van der Waals surface area contributed by atoms with Crippen LogP contribution in [0.5, 0.6) is 0 Å². The Hall–Kier alpha value is -1.40. The van der Waals surface area contributed by atoms with Gasteiger partial charge in [0, 0.05) is 0 Å². The Morgan fingerprint density at radius 2 is 1.73 bits per heavy atom. The van der Waals surface area contributed by atoms with Gasteiger partial charge >= 0.3 is 0 Å². The normalized spacial score (nSPS) is 13.3. The first kappa shape index (κ1) is 18.6. The number of unbranched alkanes of at least 4 members (excludes halogenated alkanes) is 1. The highest BCUT2D eigenvalue weighted by molar-refractivity contribution is 7.91. The van der Waals surface area contributed by atoms with Crippen LogP contribution in [0.2, 0.25) is 0 Å². The van der Waals surface area contributed by atoms with E-state index < -0.39 is 21.7 Å². The number of rotatable bonds is 9. The molecular formula is C16H26N2O3S. The van der Waals surface area contributed by atoms with Crippen molar-refractivity contribution in [1.29, 1.82) is 0 Å². The van der Waals surface area contributed by atoms with Gasteiger partial charge in [0.05, 0.1) is 16.6 Å². The summed E-state index contributed by atoms with van der Waals surface area (Å²) >= 11 is 0. The molecule has 22 heavy (non-hydrogen) atoms. The number of hydrogen-bond acceptors (Lipinski definition) is 4. The van der Waals surface area contributed by atoms with Crippen LogP contribution in [0.25, 0.3) is 0 Å². The van der Waals surface area contributed by atoms with E-state index in [1.807, 2.05) is 12.1 Å². The highest BCUT2D eigenvalue weighted by Gasteiger charge is 2.27. The number of nitrogens with two attached hydrogens (primary N) is 2. The van der Waals surface area contributed by atoms with Crippen LogP contribution in [0.3, 0.4) is 0 Å². The maximum absolute atomic E-state index is 12.4. The van der Waals surface area contributed by atoms with Crippen LogP contribution in [0.15, 0.2) is 29.2 Å². The molecule has 0 aromatic heterocycles. The summed E-state index contributed by atoms with van der Waals surface area (Å²) in [6.07, 6.45) is 2.82. The molecule has 0 saturated carbocycles. The number of benzene rings is 1. The van der Waals surface area contributed by atoms with Crippen LogP contribution in [-0.4, -0.2) is 26.6 Å².